The Bertz CT molecular complexity index is 2660. The Kier molecular flexibility index (Phi) is 18.2. The molecular weight excluding hydrogens is 889 g/mol. The number of sulfonamides is 1. The highest BCUT2D eigenvalue weighted by Crippen LogP contribution is 2.42. The fourth-order valence-electron chi connectivity index (χ4n) is 5.84. The lowest BCUT2D eigenvalue weighted by Gasteiger charge is -2.20. The molecule has 1 atom stereocenters. The number of esters is 1. The number of hydrogen-bond acceptors (Lipinski definition) is 14. The normalized spacial score (nSPS) is 11.3. The highest BCUT2D eigenvalue weighted by molar-refractivity contribution is 7.89. The summed E-state index contributed by atoms with van der Waals surface area (Å²) >= 11 is 0. The molecule has 4 rings (SSSR count). The number of carbonyl (C=O) groups excluding carboxylic acids is 5. The van der Waals surface area contributed by atoms with Crippen LogP contribution < -0.4 is 44.9 Å². The van der Waals surface area contributed by atoms with Crippen molar-refractivity contribution in [1.82, 2.24) is 4.72 Å². The molecule has 5 N–H and O–H groups in total. The Hall–Kier alpha value is -8.15. The summed E-state index contributed by atoms with van der Waals surface area (Å²) in [4.78, 5) is 65.3. The number of hydrogen-bond donors (Lipinski definition) is 5. The minimum absolute atomic E-state index is 0.00590. The Labute approximate surface area is 387 Å². The molecule has 0 saturated carbocycles. The van der Waals surface area contributed by atoms with Gasteiger partial charge in [-0.05, 0) is 93.6 Å². The quantitative estimate of drug-likeness (QED) is 0.0385. The van der Waals surface area contributed by atoms with Gasteiger partial charge in [-0.2, -0.15) is 9.98 Å². The third kappa shape index (κ3) is 14.2. The minimum Gasteiger partial charge on any atom is -0.491 e. The second kappa shape index (κ2) is 23.7. The smallest absolute Gasteiger partial charge is 0.412 e. The van der Waals surface area contributed by atoms with E-state index in [2.05, 4.69) is 45.7 Å². The highest BCUT2D eigenvalue weighted by Gasteiger charge is 2.28. The van der Waals surface area contributed by atoms with Crippen LogP contribution in [0.3, 0.4) is 0 Å². The minimum atomic E-state index is -4.32. The van der Waals surface area contributed by atoms with Crippen LogP contribution in [0.15, 0.2) is 116 Å². The number of nitrogens with zero attached hydrogens (tertiary/aromatic N) is 1. The zero-order chi connectivity index (χ0) is 49.3. The van der Waals surface area contributed by atoms with Crippen molar-refractivity contribution >= 4 is 62.6 Å². The second-order valence-electron chi connectivity index (χ2n) is 14.8. The molecule has 4 amide bonds. The largest absolute Gasteiger partial charge is 0.491 e. The molecule has 0 aliphatic heterocycles. The average Bonchev–Trinajstić information content (AvgIpc) is 3.28. The number of nitrogens with one attached hydrogen (secondary N) is 5. The fraction of sp³-hybridized carbons (Fsp3) is 0.234. The second-order valence-corrected chi connectivity index (χ2v) is 16.5. The number of benzene rings is 4. The van der Waals surface area contributed by atoms with E-state index in [9.17, 15) is 37.7 Å². The zero-order valence-corrected chi connectivity index (χ0v) is 38.2. The van der Waals surface area contributed by atoms with Gasteiger partial charge >= 0.3 is 12.1 Å². The summed E-state index contributed by atoms with van der Waals surface area (Å²) in [6.07, 6.45) is 3.04. The third-order valence-electron chi connectivity index (χ3n) is 8.75. The molecule has 0 unspecified atom stereocenters. The van der Waals surface area contributed by atoms with Gasteiger partial charge in [-0.3, -0.25) is 19.7 Å². The number of carbonyl (C=O) groups is 5. The number of nitriles is 1. The molecule has 67 heavy (non-hydrogen) atoms. The Morgan fingerprint density at radius 1 is 0.672 bits per heavy atom. The van der Waals surface area contributed by atoms with Crippen LogP contribution in [0.5, 0.6) is 23.0 Å². The molecule has 4 aromatic rings. The predicted molar refractivity (Wildman–Crippen MR) is 249 cm³/mol. The first kappa shape index (κ1) is 51.5. The van der Waals surface area contributed by atoms with Gasteiger partial charge in [0.1, 0.15) is 37.0 Å². The SMILES string of the molecule is C=CCOC(=O)c1ccc(NC(=O)c2ccc(NC(=O)c3ccc(NC(=O)[C@H](CC#N)NS(=O)(=O)c4ccc(NC(=O)OC(C)(C)C)cc4)cc3)c(OC)c2OCC=C)c(OC)c1OCC=C. The first-order valence-electron chi connectivity index (χ1n) is 20.1. The molecule has 20 heteroatoms. The van der Waals surface area contributed by atoms with Crippen molar-refractivity contribution in [2.45, 2.75) is 43.7 Å². The molecule has 0 aromatic heterocycles. The number of rotatable bonds is 22. The number of anilines is 4. The molecule has 0 bridgehead atoms. The summed E-state index contributed by atoms with van der Waals surface area (Å²) in [5.74, 6) is -2.98. The van der Waals surface area contributed by atoms with E-state index >= 15 is 0 Å². The van der Waals surface area contributed by atoms with Gasteiger partial charge in [-0.1, -0.05) is 38.0 Å². The lowest BCUT2D eigenvalue weighted by molar-refractivity contribution is -0.117. The van der Waals surface area contributed by atoms with Gasteiger partial charge in [0.2, 0.25) is 15.9 Å². The van der Waals surface area contributed by atoms with E-state index in [1.807, 2.05) is 0 Å². The van der Waals surface area contributed by atoms with Crippen molar-refractivity contribution in [3.8, 4) is 29.1 Å². The summed E-state index contributed by atoms with van der Waals surface area (Å²) in [5.41, 5.74) is 0.0364. The molecule has 0 spiro atoms. The predicted octanol–water partition coefficient (Wildman–Crippen LogP) is 7.23. The van der Waals surface area contributed by atoms with Crippen molar-refractivity contribution in [2.75, 3.05) is 55.3 Å². The van der Waals surface area contributed by atoms with E-state index in [0.29, 0.717) is 0 Å². The van der Waals surface area contributed by atoms with Crippen molar-refractivity contribution in [1.29, 1.82) is 5.26 Å². The van der Waals surface area contributed by atoms with Gasteiger partial charge in [0.05, 0.1) is 48.5 Å². The van der Waals surface area contributed by atoms with Gasteiger partial charge in [0.25, 0.3) is 11.8 Å². The van der Waals surface area contributed by atoms with Gasteiger partial charge in [-0.15, -0.1) is 0 Å². The summed E-state index contributed by atoms with van der Waals surface area (Å²) < 4.78 is 61.8. The molecule has 0 radical (unpaired) electrons. The summed E-state index contributed by atoms with van der Waals surface area (Å²) in [7, 11) is -1.69. The lowest BCUT2D eigenvalue weighted by atomic mass is 10.1. The number of methoxy groups -OCH3 is 2. The molecular formula is C47H50N6O13S. The van der Waals surface area contributed by atoms with Gasteiger partial charge < -0.3 is 44.4 Å². The third-order valence-corrected chi connectivity index (χ3v) is 10.2. The van der Waals surface area contributed by atoms with Crippen LogP contribution >= 0.6 is 0 Å². The standard InChI is InChI=1S/C47H50N6O13S/c1-9-26-63-38-33(43(55)52-36-23-21-34(45(57)65-28-11-3)39(41(36)62-8)64-27-10-2)20-22-35(40(38)61-7)51-42(54)29-12-14-30(15-13-29)49-44(56)37(24-25-48)53-67(59,60)32-18-16-31(17-19-32)50-46(58)66-47(4,5)6/h9-23,37,53H,1-3,24,26-28H2,4-8H3,(H,49,56)(H,50,58)(H,51,54)(H,52,55)/t37-/m0/s1. The van der Waals surface area contributed by atoms with Crippen molar-refractivity contribution in [2.24, 2.45) is 0 Å². The van der Waals surface area contributed by atoms with Crippen LogP contribution in [0, 0.1) is 11.3 Å². The number of amides is 4. The van der Waals surface area contributed by atoms with Crippen LogP contribution in [0.2, 0.25) is 0 Å². The van der Waals surface area contributed by atoms with E-state index < -0.39 is 57.9 Å². The van der Waals surface area contributed by atoms with E-state index in [0.717, 1.165) is 0 Å². The molecule has 19 nitrogen and oxygen atoms in total. The maximum Gasteiger partial charge on any atom is 0.412 e. The summed E-state index contributed by atoms with van der Waals surface area (Å²) in [6.45, 7) is 15.8. The van der Waals surface area contributed by atoms with Crippen LogP contribution in [0.4, 0.5) is 27.5 Å². The van der Waals surface area contributed by atoms with Gasteiger partial charge in [0.15, 0.2) is 23.0 Å². The highest BCUT2D eigenvalue weighted by atomic mass is 32.2. The molecule has 352 valence electrons. The topological polar surface area (TPSA) is 259 Å². The molecule has 0 aliphatic carbocycles. The van der Waals surface area contributed by atoms with E-state index in [4.69, 9.17) is 28.4 Å². The monoisotopic (exact) mass is 938 g/mol. The van der Waals surface area contributed by atoms with Gasteiger partial charge in [-0.25, -0.2) is 18.0 Å². The van der Waals surface area contributed by atoms with Crippen molar-refractivity contribution < 1.29 is 60.8 Å². The van der Waals surface area contributed by atoms with Crippen LogP contribution in [0.1, 0.15) is 58.3 Å². The van der Waals surface area contributed by atoms with Gasteiger partial charge in [0, 0.05) is 16.9 Å². The molecule has 0 saturated heterocycles. The Balaban J connectivity index is 1.50. The fourth-order valence-corrected chi connectivity index (χ4v) is 7.04. The maximum absolute atomic E-state index is 13.9. The number of ether oxygens (including phenoxy) is 6. The summed E-state index contributed by atoms with van der Waals surface area (Å²) in [6, 6.07) is 16.6. The van der Waals surface area contributed by atoms with Crippen molar-refractivity contribution in [3.63, 3.8) is 0 Å². The van der Waals surface area contributed by atoms with Crippen molar-refractivity contribution in [3.05, 3.63) is 127 Å². The Morgan fingerprint density at radius 3 is 1.70 bits per heavy atom. The van der Waals surface area contributed by atoms with Crippen LogP contribution in [-0.4, -0.2) is 83.9 Å². The molecule has 0 aliphatic rings. The Morgan fingerprint density at radius 2 is 1.18 bits per heavy atom. The molecule has 0 fully saturated rings. The van der Waals surface area contributed by atoms with E-state index in [1.165, 1.54) is 105 Å². The van der Waals surface area contributed by atoms with E-state index in [-0.39, 0.29) is 87.2 Å². The first-order chi connectivity index (χ1) is 31.9. The zero-order valence-electron chi connectivity index (χ0n) is 37.4. The summed E-state index contributed by atoms with van der Waals surface area (Å²) in [5, 5.41) is 19.9. The lowest BCUT2D eigenvalue weighted by Crippen LogP contribution is -2.43. The van der Waals surface area contributed by atoms with Crippen LogP contribution in [0.25, 0.3) is 0 Å². The van der Waals surface area contributed by atoms with Crippen LogP contribution in [-0.2, 0) is 24.3 Å². The van der Waals surface area contributed by atoms with E-state index in [1.54, 1.807) is 26.8 Å². The maximum atomic E-state index is 13.9. The molecule has 4 aromatic carbocycles. The molecule has 0 heterocycles. The average molecular weight is 939 g/mol. The first-order valence-corrected chi connectivity index (χ1v) is 21.6.